The summed E-state index contributed by atoms with van der Waals surface area (Å²) in [4.78, 5) is 35.1. The van der Waals surface area contributed by atoms with Crippen LogP contribution in [0.5, 0.6) is 5.75 Å². The van der Waals surface area contributed by atoms with Crippen molar-refractivity contribution < 1.29 is 19.7 Å². The normalized spacial score (nSPS) is 11.7. The number of phenolic OH excluding ortho intramolecular Hbond substituents is 1. The second-order valence-corrected chi connectivity index (χ2v) is 9.27. The van der Waals surface area contributed by atoms with Gasteiger partial charge in [0.15, 0.2) is 5.78 Å². The van der Waals surface area contributed by atoms with Crippen LogP contribution in [0, 0.1) is 20.2 Å². The van der Waals surface area contributed by atoms with E-state index in [1.807, 2.05) is 12.1 Å². The van der Waals surface area contributed by atoms with Gasteiger partial charge in [-0.25, -0.2) is 0 Å². The highest BCUT2D eigenvalue weighted by Gasteiger charge is 2.24. The lowest BCUT2D eigenvalue weighted by Gasteiger charge is -2.18. The fraction of sp³-hybridized carbons (Fsp3) is 0.0800. The van der Waals surface area contributed by atoms with Gasteiger partial charge in [0, 0.05) is 29.6 Å². The van der Waals surface area contributed by atoms with Crippen molar-refractivity contribution in [2.45, 2.75) is 11.7 Å². The lowest BCUT2D eigenvalue weighted by Crippen LogP contribution is -2.08. The largest absolute Gasteiger partial charge is 0.507 e. The van der Waals surface area contributed by atoms with Gasteiger partial charge in [0.2, 0.25) is 0 Å². The van der Waals surface area contributed by atoms with Crippen LogP contribution in [-0.2, 0) is 0 Å². The van der Waals surface area contributed by atoms with Gasteiger partial charge in [-0.2, -0.15) is 0 Å². The van der Waals surface area contributed by atoms with E-state index < -0.39 is 20.9 Å². The molecule has 0 aliphatic rings. The summed E-state index contributed by atoms with van der Waals surface area (Å²) >= 11 is 7.00. The molecule has 1 unspecified atom stereocenters. The summed E-state index contributed by atoms with van der Waals surface area (Å²) in [7, 11) is 0. The number of rotatable bonds is 9. The van der Waals surface area contributed by atoms with E-state index in [1.165, 1.54) is 42.5 Å². The summed E-state index contributed by atoms with van der Waals surface area (Å²) in [5.41, 5.74) is 0.373. The standard InChI is InChI=1S/C25H18ClN3O6S/c26-18-8-9-23(30)20(13-18)24(31)14-25(17-6-3-7-19(10-17)28(32)33)36-27-21-11-15-4-1-2-5-16(15)12-22(21)29(34)35/h1-13,25,27,30H,14H2. The smallest absolute Gasteiger partial charge is 0.293 e. The quantitative estimate of drug-likeness (QED) is 0.103. The molecule has 4 rings (SSSR count). The van der Waals surface area contributed by atoms with E-state index in [9.17, 15) is 30.1 Å². The van der Waals surface area contributed by atoms with Crippen LogP contribution in [0.25, 0.3) is 10.8 Å². The molecule has 1 atom stereocenters. The molecule has 36 heavy (non-hydrogen) atoms. The van der Waals surface area contributed by atoms with Crippen LogP contribution in [0.2, 0.25) is 5.02 Å². The number of nitro benzene ring substituents is 2. The molecule has 0 saturated heterocycles. The molecule has 4 aromatic rings. The number of carbonyl (C=O) groups excluding carboxylic acids is 1. The van der Waals surface area contributed by atoms with Crippen molar-refractivity contribution >= 4 is 57.2 Å². The van der Waals surface area contributed by atoms with Crippen molar-refractivity contribution in [1.29, 1.82) is 0 Å². The number of hydrogen-bond donors (Lipinski definition) is 2. The number of carbonyl (C=O) groups is 1. The summed E-state index contributed by atoms with van der Waals surface area (Å²) in [6.07, 6.45) is -0.173. The van der Waals surface area contributed by atoms with Gasteiger partial charge in [-0.1, -0.05) is 48.0 Å². The van der Waals surface area contributed by atoms with Crippen molar-refractivity contribution in [2.75, 3.05) is 4.72 Å². The maximum absolute atomic E-state index is 13.1. The number of anilines is 1. The first-order valence-electron chi connectivity index (χ1n) is 10.6. The van der Waals surface area contributed by atoms with Crippen LogP contribution >= 0.6 is 23.5 Å². The average molecular weight is 524 g/mol. The molecule has 0 saturated carbocycles. The Kier molecular flexibility index (Phi) is 7.37. The second kappa shape index (κ2) is 10.6. The van der Waals surface area contributed by atoms with E-state index in [4.69, 9.17) is 11.6 Å². The second-order valence-electron chi connectivity index (χ2n) is 7.82. The molecule has 0 radical (unpaired) electrons. The molecule has 11 heteroatoms. The minimum Gasteiger partial charge on any atom is -0.507 e. The Labute approximate surface area is 214 Å². The van der Waals surface area contributed by atoms with Crippen molar-refractivity contribution in [3.8, 4) is 5.75 Å². The number of hydrogen-bond acceptors (Lipinski definition) is 8. The zero-order chi connectivity index (χ0) is 25.8. The van der Waals surface area contributed by atoms with Gasteiger partial charge in [-0.15, -0.1) is 0 Å². The summed E-state index contributed by atoms with van der Waals surface area (Å²) in [6, 6.07) is 20.2. The van der Waals surface area contributed by atoms with Gasteiger partial charge in [0.05, 0.1) is 20.7 Å². The summed E-state index contributed by atoms with van der Waals surface area (Å²) in [5, 5.41) is 34.2. The Hall–Kier alpha value is -4.15. The maximum atomic E-state index is 13.1. The molecule has 2 N–H and O–H groups in total. The third-order valence-electron chi connectivity index (χ3n) is 5.45. The molecule has 0 aromatic heterocycles. The average Bonchev–Trinajstić information content (AvgIpc) is 2.87. The number of nitrogens with zero attached hydrogens (tertiary/aromatic N) is 2. The van der Waals surface area contributed by atoms with Crippen LogP contribution in [0.3, 0.4) is 0 Å². The van der Waals surface area contributed by atoms with Crippen LogP contribution in [0.1, 0.15) is 27.6 Å². The maximum Gasteiger partial charge on any atom is 0.293 e. The van der Waals surface area contributed by atoms with E-state index in [0.717, 1.165) is 17.3 Å². The van der Waals surface area contributed by atoms with Crippen molar-refractivity contribution in [3.05, 3.63) is 115 Å². The number of fused-ring (bicyclic) bond motifs is 1. The molecule has 182 valence electrons. The molecule has 0 fully saturated rings. The molecule has 0 aliphatic heterocycles. The molecule has 0 amide bonds. The molecular weight excluding hydrogens is 506 g/mol. The van der Waals surface area contributed by atoms with Crippen LogP contribution in [-0.4, -0.2) is 20.7 Å². The molecule has 9 nitrogen and oxygen atoms in total. The van der Waals surface area contributed by atoms with E-state index in [2.05, 4.69) is 4.72 Å². The Bertz CT molecular complexity index is 1500. The summed E-state index contributed by atoms with van der Waals surface area (Å²) in [6.45, 7) is 0. The van der Waals surface area contributed by atoms with Gasteiger partial charge < -0.3 is 9.83 Å². The van der Waals surface area contributed by atoms with Gasteiger partial charge in [0.1, 0.15) is 11.4 Å². The zero-order valence-corrected chi connectivity index (χ0v) is 20.0. The predicted octanol–water partition coefficient (Wildman–Crippen LogP) is 7.09. The number of aromatic hydroxyl groups is 1. The highest BCUT2D eigenvalue weighted by molar-refractivity contribution is 8.00. The Balaban J connectivity index is 1.69. The lowest BCUT2D eigenvalue weighted by molar-refractivity contribution is -0.384. The molecule has 0 bridgehead atoms. The first kappa shape index (κ1) is 25.0. The van der Waals surface area contributed by atoms with Gasteiger partial charge in [0.25, 0.3) is 11.4 Å². The predicted molar refractivity (Wildman–Crippen MR) is 140 cm³/mol. The Morgan fingerprint density at radius 3 is 2.36 bits per heavy atom. The van der Waals surface area contributed by atoms with E-state index in [0.29, 0.717) is 10.9 Å². The molecule has 4 aromatic carbocycles. The molecular formula is C25H18ClN3O6S. The molecule has 0 heterocycles. The number of benzene rings is 4. The number of Topliss-reactive ketones (excluding diaryl/α,β-unsaturated/α-hetero) is 1. The van der Waals surface area contributed by atoms with Crippen LogP contribution in [0.4, 0.5) is 17.1 Å². The topological polar surface area (TPSA) is 136 Å². The SMILES string of the molecule is O=C(CC(SNc1cc2ccccc2cc1[N+](=O)[O-])c1cccc([N+](=O)[O-])c1)c1cc(Cl)ccc1O. The van der Waals surface area contributed by atoms with Crippen molar-refractivity contribution in [2.24, 2.45) is 0 Å². The first-order chi connectivity index (χ1) is 17.2. The number of phenols is 1. The lowest BCUT2D eigenvalue weighted by atomic mass is 10.0. The van der Waals surface area contributed by atoms with Crippen molar-refractivity contribution in [3.63, 3.8) is 0 Å². The monoisotopic (exact) mass is 523 g/mol. The summed E-state index contributed by atoms with van der Waals surface area (Å²) < 4.78 is 2.98. The highest BCUT2D eigenvalue weighted by atomic mass is 35.5. The molecule has 0 aliphatic carbocycles. The summed E-state index contributed by atoms with van der Waals surface area (Å²) in [5.74, 6) is -0.695. The first-order valence-corrected chi connectivity index (χ1v) is 11.8. The van der Waals surface area contributed by atoms with Crippen LogP contribution in [0.15, 0.2) is 78.9 Å². The molecule has 0 spiro atoms. The number of non-ortho nitro benzene ring substituents is 1. The Morgan fingerprint density at radius 2 is 1.67 bits per heavy atom. The number of nitrogens with one attached hydrogen (secondary N) is 1. The van der Waals surface area contributed by atoms with E-state index in [1.54, 1.807) is 24.3 Å². The third kappa shape index (κ3) is 5.56. The number of halogens is 1. The third-order valence-corrected chi connectivity index (χ3v) is 6.75. The van der Waals surface area contributed by atoms with Crippen molar-refractivity contribution in [1.82, 2.24) is 0 Å². The minimum atomic E-state index is -0.693. The highest BCUT2D eigenvalue weighted by Crippen LogP contribution is 2.39. The van der Waals surface area contributed by atoms with Gasteiger partial charge in [-0.3, -0.25) is 25.0 Å². The fourth-order valence-electron chi connectivity index (χ4n) is 3.67. The zero-order valence-electron chi connectivity index (χ0n) is 18.5. The van der Waals surface area contributed by atoms with Gasteiger partial charge >= 0.3 is 0 Å². The Morgan fingerprint density at radius 1 is 0.944 bits per heavy atom. The minimum absolute atomic E-state index is 0.00946. The van der Waals surface area contributed by atoms with E-state index >= 15 is 0 Å². The van der Waals surface area contributed by atoms with E-state index in [-0.39, 0.29) is 39.8 Å². The van der Waals surface area contributed by atoms with Crippen LogP contribution < -0.4 is 4.72 Å². The number of ketones is 1. The number of nitro groups is 2. The van der Waals surface area contributed by atoms with Gasteiger partial charge in [-0.05, 0) is 52.5 Å². The fourth-order valence-corrected chi connectivity index (χ4v) is 4.79.